The summed E-state index contributed by atoms with van der Waals surface area (Å²) in [6, 6.07) is 7.34. The Morgan fingerprint density at radius 1 is 1.38 bits per heavy atom. The molecule has 2 atom stereocenters. The van der Waals surface area contributed by atoms with Gasteiger partial charge in [0.1, 0.15) is 5.82 Å². The van der Waals surface area contributed by atoms with Gasteiger partial charge in [-0.3, -0.25) is 0 Å². The monoisotopic (exact) mass is 291 g/mol. The topological polar surface area (TPSA) is 21.3 Å². The van der Waals surface area contributed by atoms with E-state index in [1.807, 2.05) is 12.1 Å². The highest BCUT2D eigenvalue weighted by atomic mass is 19.1. The fourth-order valence-corrected chi connectivity index (χ4v) is 3.83. The van der Waals surface area contributed by atoms with Gasteiger partial charge in [-0.05, 0) is 57.1 Å². The van der Waals surface area contributed by atoms with Crippen molar-refractivity contribution < 1.29 is 9.13 Å². The molecule has 1 saturated heterocycles. The van der Waals surface area contributed by atoms with Crippen molar-refractivity contribution in [3.8, 4) is 0 Å². The fraction of sp³-hybridized carbons (Fsp3) is 0.667. The van der Waals surface area contributed by atoms with Crippen molar-refractivity contribution >= 4 is 0 Å². The molecular formula is C18H26FNO. The van der Waals surface area contributed by atoms with Gasteiger partial charge in [0.25, 0.3) is 0 Å². The third-order valence-electron chi connectivity index (χ3n) is 5.12. The molecule has 1 spiro atoms. The number of hydrogen-bond donors (Lipinski definition) is 1. The van der Waals surface area contributed by atoms with Crippen LogP contribution in [0.3, 0.4) is 0 Å². The Balaban J connectivity index is 1.80. The summed E-state index contributed by atoms with van der Waals surface area (Å²) in [6.45, 7) is 3.91. The Kier molecular flexibility index (Phi) is 4.60. The molecule has 1 aromatic carbocycles. The van der Waals surface area contributed by atoms with Crippen LogP contribution in [-0.4, -0.2) is 18.8 Å². The molecule has 1 saturated carbocycles. The molecule has 0 amide bonds. The van der Waals surface area contributed by atoms with Gasteiger partial charge >= 0.3 is 0 Å². The summed E-state index contributed by atoms with van der Waals surface area (Å²) in [4.78, 5) is 0. The third-order valence-corrected chi connectivity index (χ3v) is 5.12. The van der Waals surface area contributed by atoms with Crippen LogP contribution in [0.5, 0.6) is 0 Å². The van der Waals surface area contributed by atoms with E-state index in [0.717, 1.165) is 38.0 Å². The van der Waals surface area contributed by atoms with E-state index >= 15 is 0 Å². The Hall–Kier alpha value is -0.930. The minimum atomic E-state index is -0.0831. The molecule has 1 aliphatic carbocycles. The standard InChI is InChI=1S/C18H26FNO/c1-2-11-20-17(15-6-3-4-7-16(15)19)14-8-12-21-18(13-14)9-5-10-18/h3-4,6-7,14,17,20H,2,5,8-13H2,1H3. The second kappa shape index (κ2) is 6.45. The number of nitrogens with one attached hydrogen (secondary N) is 1. The lowest BCUT2D eigenvalue weighted by molar-refractivity contribution is -0.147. The van der Waals surface area contributed by atoms with Crippen molar-refractivity contribution in [1.29, 1.82) is 0 Å². The summed E-state index contributed by atoms with van der Waals surface area (Å²) in [6.07, 6.45) is 6.81. The first-order valence-electron chi connectivity index (χ1n) is 8.36. The Morgan fingerprint density at radius 3 is 2.86 bits per heavy atom. The van der Waals surface area contributed by atoms with Crippen molar-refractivity contribution in [2.75, 3.05) is 13.2 Å². The molecule has 3 heteroatoms. The maximum atomic E-state index is 14.2. The highest BCUT2D eigenvalue weighted by Crippen LogP contribution is 2.47. The second-order valence-corrected chi connectivity index (χ2v) is 6.59. The van der Waals surface area contributed by atoms with E-state index in [9.17, 15) is 4.39 Å². The number of ether oxygens (including phenoxy) is 1. The molecule has 1 heterocycles. The molecule has 2 nitrogen and oxygen atoms in total. The van der Waals surface area contributed by atoms with Crippen molar-refractivity contribution in [2.24, 2.45) is 5.92 Å². The lowest BCUT2D eigenvalue weighted by Crippen LogP contribution is -2.48. The average Bonchev–Trinajstić information content (AvgIpc) is 2.48. The zero-order valence-electron chi connectivity index (χ0n) is 12.9. The number of rotatable bonds is 5. The molecular weight excluding hydrogens is 265 g/mol. The maximum absolute atomic E-state index is 14.2. The Labute approximate surface area is 127 Å². The van der Waals surface area contributed by atoms with Crippen LogP contribution in [0.1, 0.15) is 57.1 Å². The zero-order valence-corrected chi connectivity index (χ0v) is 12.9. The molecule has 0 bridgehead atoms. The van der Waals surface area contributed by atoms with E-state index in [1.165, 1.54) is 19.3 Å². The van der Waals surface area contributed by atoms with Crippen molar-refractivity contribution in [3.05, 3.63) is 35.6 Å². The fourth-order valence-electron chi connectivity index (χ4n) is 3.83. The van der Waals surface area contributed by atoms with Crippen LogP contribution in [0, 0.1) is 11.7 Å². The van der Waals surface area contributed by atoms with Crippen molar-refractivity contribution in [2.45, 2.75) is 57.1 Å². The summed E-state index contributed by atoms with van der Waals surface area (Å²) in [5.41, 5.74) is 0.938. The van der Waals surface area contributed by atoms with Crippen LogP contribution in [0.25, 0.3) is 0 Å². The van der Waals surface area contributed by atoms with Gasteiger partial charge in [0.2, 0.25) is 0 Å². The van der Waals surface area contributed by atoms with E-state index in [2.05, 4.69) is 12.2 Å². The Bertz CT molecular complexity index is 472. The first kappa shape index (κ1) is 15.0. The average molecular weight is 291 g/mol. The van der Waals surface area contributed by atoms with E-state index < -0.39 is 0 Å². The van der Waals surface area contributed by atoms with Gasteiger partial charge in [0.05, 0.1) is 5.60 Å². The molecule has 1 aromatic rings. The molecule has 3 rings (SSSR count). The summed E-state index contributed by atoms with van der Waals surface area (Å²) >= 11 is 0. The van der Waals surface area contributed by atoms with Crippen LogP contribution >= 0.6 is 0 Å². The Morgan fingerprint density at radius 2 is 2.19 bits per heavy atom. The summed E-state index contributed by atoms with van der Waals surface area (Å²) in [5.74, 6) is 0.391. The number of benzene rings is 1. The molecule has 21 heavy (non-hydrogen) atoms. The SMILES string of the molecule is CCCNC(c1ccccc1F)C1CCOC2(CCC2)C1. The molecule has 2 aliphatic rings. The molecule has 1 N–H and O–H groups in total. The summed E-state index contributed by atoms with van der Waals surface area (Å²) in [5, 5.41) is 3.59. The largest absolute Gasteiger partial charge is 0.375 e. The van der Waals surface area contributed by atoms with Crippen LogP contribution in [0.15, 0.2) is 24.3 Å². The highest BCUT2D eigenvalue weighted by Gasteiger charge is 2.44. The van der Waals surface area contributed by atoms with E-state index in [0.29, 0.717) is 5.92 Å². The maximum Gasteiger partial charge on any atom is 0.127 e. The second-order valence-electron chi connectivity index (χ2n) is 6.59. The van der Waals surface area contributed by atoms with E-state index in [-0.39, 0.29) is 17.5 Å². The van der Waals surface area contributed by atoms with Gasteiger partial charge in [0, 0.05) is 18.2 Å². The minimum absolute atomic E-state index is 0.0831. The van der Waals surface area contributed by atoms with Gasteiger partial charge in [0.15, 0.2) is 0 Å². The van der Waals surface area contributed by atoms with Crippen molar-refractivity contribution in [1.82, 2.24) is 5.32 Å². The number of hydrogen-bond acceptors (Lipinski definition) is 2. The predicted molar refractivity (Wildman–Crippen MR) is 82.7 cm³/mol. The van der Waals surface area contributed by atoms with Crippen LogP contribution in [0.2, 0.25) is 0 Å². The summed E-state index contributed by atoms with van der Waals surface area (Å²) < 4.78 is 20.3. The normalized spacial score (nSPS) is 25.5. The third kappa shape index (κ3) is 3.14. The van der Waals surface area contributed by atoms with Gasteiger partial charge in [-0.2, -0.15) is 0 Å². The van der Waals surface area contributed by atoms with Crippen LogP contribution in [-0.2, 0) is 4.74 Å². The molecule has 0 aromatic heterocycles. The van der Waals surface area contributed by atoms with Gasteiger partial charge < -0.3 is 10.1 Å². The summed E-state index contributed by atoms with van der Waals surface area (Å²) in [7, 11) is 0. The van der Waals surface area contributed by atoms with Crippen molar-refractivity contribution in [3.63, 3.8) is 0 Å². The first-order chi connectivity index (χ1) is 10.2. The predicted octanol–water partition coefficient (Wildman–Crippen LogP) is 4.22. The molecule has 2 fully saturated rings. The quantitative estimate of drug-likeness (QED) is 0.877. The van der Waals surface area contributed by atoms with Gasteiger partial charge in [-0.15, -0.1) is 0 Å². The highest BCUT2D eigenvalue weighted by molar-refractivity contribution is 5.22. The minimum Gasteiger partial charge on any atom is -0.375 e. The van der Waals surface area contributed by atoms with Gasteiger partial charge in [-0.1, -0.05) is 25.1 Å². The van der Waals surface area contributed by atoms with Gasteiger partial charge in [-0.25, -0.2) is 4.39 Å². The van der Waals surface area contributed by atoms with E-state index in [4.69, 9.17) is 4.74 Å². The lowest BCUT2D eigenvalue weighted by Gasteiger charge is -2.49. The van der Waals surface area contributed by atoms with E-state index in [1.54, 1.807) is 12.1 Å². The molecule has 116 valence electrons. The molecule has 1 aliphatic heterocycles. The zero-order chi connectivity index (χ0) is 14.7. The number of halogens is 1. The van der Waals surface area contributed by atoms with Crippen LogP contribution < -0.4 is 5.32 Å². The van der Waals surface area contributed by atoms with Crippen LogP contribution in [0.4, 0.5) is 4.39 Å². The molecule has 2 unspecified atom stereocenters. The molecule has 0 radical (unpaired) electrons. The first-order valence-corrected chi connectivity index (χ1v) is 8.36. The smallest absolute Gasteiger partial charge is 0.127 e. The lowest BCUT2D eigenvalue weighted by atomic mass is 9.69.